The van der Waals surface area contributed by atoms with Crippen LogP contribution < -0.4 is 15.3 Å². The van der Waals surface area contributed by atoms with E-state index in [1.807, 2.05) is 0 Å². The molecule has 1 amide bonds. The van der Waals surface area contributed by atoms with Gasteiger partial charge in [0.1, 0.15) is 0 Å². The van der Waals surface area contributed by atoms with Gasteiger partial charge in [-0.3, -0.25) is 4.79 Å². The summed E-state index contributed by atoms with van der Waals surface area (Å²) in [7, 11) is 0. The van der Waals surface area contributed by atoms with Crippen molar-refractivity contribution < 1.29 is 19.6 Å². The molecule has 0 fully saturated rings. The molecule has 0 saturated carbocycles. The Bertz CT molecular complexity index is 201. The minimum absolute atomic E-state index is 0.226. The van der Waals surface area contributed by atoms with Crippen LogP contribution in [0.5, 0.6) is 0 Å². The number of hydrogen-bond acceptors (Lipinski definition) is 3. The zero-order valence-electron chi connectivity index (χ0n) is 9.47. The number of rotatable bonds is 8. The number of carboxylic acid groups (broad SMARTS) is 1. The standard InChI is InChI=1S/C10H20N2O3/c1-3-5-12(6-4-2)8-9(13)11-7-10(14)15/h3-8H2,1-2H3,(H,11,13)(H,14,15). The fourth-order valence-electron chi connectivity index (χ4n) is 1.47. The van der Waals surface area contributed by atoms with Crippen molar-refractivity contribution in [3.05, 3.63) is 0 Å². The molecule has 0 bridgehead atoms. The highest BCUT2D eigenvalue weighted by molar-refractivity contribution is 5.81. The van der Waals surface area contributed by atoms with Crippen molar-refractivity contribution in [2.75, 3.05) is 26.2 Å². The van der Waals surface area contributed by atoms with Crippen LogP contribution in [-0.2, 0) is 9.59 Å². The van der Waals surface area contributed by atoms with E-state index in [-0.39, 0.29) is 5.91 Å². The average Bonchev–Trinajstić information content (AvgIpc) is 2.15. The molecular weight excluding hydrogens is 196 g/mol. The number of quaternary nitrogens is 1. The van der Waals surface area contributed by atoms with Crippen LogP contribution in [0.1, 0.15) is 26.7 Å². The van der Waals surface area contributed by atoms with Crippen LogP contribution in [0.4, 0.5) is 0 Å². The number of aliphatic carboxylic acids is 1. The van der Waals surface area contributed by atoms with Gasteiger partial charge in [-0.05, 0) is 12.8 Å². The molecule has 0 spiro atoms. The van der Waals surface area contributed by atoms with Gasteiger partial charge in [0, 0.05) is 0 Å². The monoisotopic (exact) mass is 216 g/mol. The van der Waals surface area contributed by atoms with E-state index in [2.05, 4.69) is 19.2 Å². The van der Waals surface area contributed by atoms with Crippen molar-refractivity contribution in [3.63, 3.8) is 0 Å². The van der Waals surface area contributed by atoms with E-state index in [1.165, 1.54) is 4.90 Å². The summed E-state index contributed by atoms with van der Waals surface area (Å²) < 4.78 is 0. The van der Waals surface area contributed by atoms with Gasteiger partial charge < -0.3 is 20.1 Å². The van der Waals surface area contributed by atoms with Gasteiger partial charge in [-0.2, -0.15) is 0 Å². The molecule has 0 aromatic carbocycles. The fraction of sp³-hybridized carbons (Fsp3) is 0.800. The third-order valence-corrected chi connectivity index (χ3v) is 2.05. The summed E-state index contributed by atoms with van der Waals surface area (Å²) >= 11 is 0. The molecule has 0 radical (unpaired) electrons. The number of carbonyl (C=O) groups is 2. The molecule has 2 N–H and O–H groups in total. The molecule has 0 rings (SSSR count). The van der Waals surface area contributed by atoms with Crippen LogP contribution in [-0.4, -0.2) is 38.1 Å². The van der Waals surface area contributed by atoms with Crippen LogP contribution in [0.2, 0.25) is 0 Å². The van der Waals surface area contributed by atoms with Crippen LogP contribution in [0, 0.1) is 0 Å². The highest BCUT2D eigenvalue weighted by Crippen LogP contribution is 1.70. The lowest BCUT2D eigenvalue weighted by Gasteiger charge is -2.17. The Labute approximate surface area is 90.5 Å². The zero-order valence-corrected chi connectivity index (χ0v) is 9.47. The van der Waals surface area contributed by atoms with Gasteiger partial charge in [0.2, 0.25) is 0 Å². The Morgan fingerprint density at radius 2 is 1.73 bits per heavy atom. The highest BCUT2D eigenvalue weighted by atomic mass is 16.4. The van der Waals surface area contributed by atoms with Gasteiger partial charge in [0.05, 0.1) is 25.6 Å². The summed E-state index contributed by atoms with van der Waals surface area (Å²) in [6.07, 6.45) is 2.03. The molecule has 0 aliphatic heterocycles. The van der Waals surface area contributed by atoms with Crippen molar-refractivity contribution in [1.82, 2.24) is 5.32 Å². The molecular formula is C10H20N2O3. The van der Waals surface area contributed by atoms with Crippen molar-refractivity contribution in [3.8, 4) is 0 Å². The first-order valence-corrected chi connectivity index (χ1v) is 5.40. The Kier molecular flexibility index (Phi) is 7.62. The number of hydrogen-bond donors (Lipinski definition) is 2. The van der Waals surface area contributed by atoms with Gasteiger partial charge in [0.15, 0.2) is 6.54 Å². The topological polar surface area (TPSA) is 73.7 Å². The molecule has 0 atom stereocenters. The maximum atomic E-state index is 11.3. The maximum Gasteiger partial charge on any atom is 0.275 e. The van der Waals surface area contributed by atoms with E-state index in [4.69, 9.17) is 0 Å². The lowest BCUT2D eigenvalue weighted by Crippen LogP contribution is -3.13. The summed E-state index contributed by atoms with van der Waals surface area (Å²) in [5.74, 6) is -1.48. The summed E-state index contributed by atoms with van der Waals surface area (Å²) in [4.78, 5) is 22.6. The van der Waals surface area contributed by atoms with Gasteiger partial charge >= 0.3 is 0 Å². The molecule has 0 unspecified atom stereocenters. The Morgan fingerprint density at radius 1 is 1.20 bits per heavy atom. The van der Waals surface area contributed by atoms with Crippen LogP contribution >= 0.6 is 0 Å². The number of carboxylic acids is 1. The summed E-state index contributed by atoms with van der Waals surface area (Å²) in [6.45, 7) is 5.95. The molecule has 15 heavy (non-hydrogen) atoms. The van der Waals surface area contributed by atoms with Crippen molar-refractivity contribution in [1.29, 1.82) is 0 Å². The summed E-state index contributed by atoms with van der Waals surface area (Å²) in [6, 6.07) is 0. The minimum atomic E-state index is -1.25. The number of carbonyl (C=O) groups excluding carboxylic acids is 2. The van der Waals surface area contributed by atoms with Crippen LogP contribution in [0.15, 0.2) is 0 Å². The molecule has 0 saturated heterocycles. The van der Waals surface area contributed by atoms with Gasteiger partial charge in [-0.25, -0.2) is 0 Å². The Balaban J connectivity index is 3.82. The van der Waals surface area contributed by atoms with Crippen LogP contribution in [0.3, 0.4) is 0 Å². The normalized spacial score (nSPS) is 10.3. The van der Waals surface area contributed by atoms with Crippen molar-refractivity contribution in [2.45, 2.75) is 26.7 Å². The van der Waals surface area contributed by atoms with Crippen molar-refractivity contribution >= 4 is 11.9 Å². The van der Waals surface area contributed by atoms with E-state index in [9.17, 15) is 14.7 Å². The summed E-state index contributed by atoms with van der Waals surface area (Å²) in [5, 5.41) is 12.4. The minimum Gasteiger partial charge on any atom is -0.548 e. The fourth-order valence-corrected chi connectivity index (χ4v) is 1.47. The molecule has 0 aliphatic carbocycles. The first-order valence-electron chi connectivity index (χ1n) is 5.40. The third-order valence-electron chi connectivity index (χ3n) is 2.05. The average molecular weight is 216 g/mol. The predicted molar refractivity (Wildman–Crippen MR) is 54.2 cm³/mol. The molecule has 88 valence electrons. The van der Waals surface area contributed by atoms with Gasteiger partial charge in [0.25, 0.3) is 5.91 Å². The molecule has 0 aromatic rings. The lowest BCUT2D eigenvalue weighted by molar-refractivity contribution is -0.892. The quantitative estimate of drug-likeness (QED) is 0.473. The predicted octanol–water partition coefficient (Wildman–Crippen LogP) is -2.44. The lowest BCUT2D eigenvalue weighted by atomic mass is 10.3. The largest absolute Gasteiger partial charge is 0.548 e. The second kappa shape index (κ2) is 8.23. The Hall–Kier alpha value is -1.10. The highest BCUT2D eigenvalue weighted by Gasteiger charge is 2.11. The van der Waals surface area contributed by atoms with E-state index in [0.29, 0.717) is 6.54 Å². The molecule has 0 aliphatic rings. The molecule has 5 nitrogen and oxygen atoms in total. The third kappa shape index (κ3) is 7.93. The van der Waals surface area contributed by atoms with E-state index < -0.39 is 12.5 Å². The SMILES string of the molecule is CCC[NH+](CCC)CC(=O)NCC(=O)[O-]. The van der Waals surface area contributed by atoms with E-state index >= 15 is 0 Å². The number of amides is 1. The van der Waals surface area contributed by atoms with Gasteiger partial charge in [-0.15, -0.1) is 0 Å². The first kappa shape index (κ1) is 13.9. The second-order valence-corrected chi connectivity index (χ2v) is 3.58. The van der Waals surface area contributed by atoms with E-state index in [0.717, 1.165) is 25.9 Å². The Morgan fingerprint density at radius 3 is 2.13 bits per heavy atom. The summed E-state index contributed by atoms with van der Waals surface area (Å²) in [5.41, 5.74) is 0. The smallest absolute Gasteiger partial charge is 0.275 e. The van der Waals surface area contributed by atoms with Crippen LogP contribution in [0.25, 0.3) is 0 Å². The van der Waals surface area contributed by atoms with Crippen molar-refractivity contribution in [2.24, 2.45) is 0 Å². The molecule has 0 aromatic heterocycles. The second-order valence-electron chi connectivity index (χ2n) is 3.58. The molecule has 0 heterocycles. The van der Waals surface area contributed by atoms with Gasteiger partial charge in [-0.1, -0.05) is 13.8 Å². The van der Waals surface area contributed by atoms with E-state index in [1.54, 1.807) is 0 Å². The maximum absolute atomic E-state index is 11.3. The molecule has 5 heteroatoms. The zero-order chi connectivity index (χ0) is 11.7. The number of nitrogens with one attached hydrogen (secondary N) is 2. The first-order chi connectivity index (χ1) is 7.10.